The molecule has 0 spiro atoms. The highest BCUT2D eigenvalue weighted by Crippen LogP contribution is 2.09. The van der Waals surface area contributed by atoms with Crippen molar-refractivity contribution in [1.29, 1.82) is 0 Å². The molecule has 0 aliphatic rings. The van der Waals surface area contributed by atoms with E-state index in [0.29, 0.717) is 25.1 Å². The lowest BCUT2D eigenvalue weighted by molar-refractivity contribution is 0.0953. The smallest absolute Gasteiger partial charge is 0.326 e. The van der Waals surface area contributed by atoms with Gasteiger partial charge in [-0.1, -0.05) is 29.8 Å². The lowest BCUT2D eigenvalue weighted by atomic mass is 10.1. The van der Waals surface area contributed by atoms with Crippen molar-refractivity contribution in [3.05, 3.63) is 70.1 Å². The molecule has 2 aromatic carbocycles. The fraction of sp³-hybridized carbons (Fsp3) is 0.222. The highest BCUT2D eigenvalue weighted by Gasteiger charge is 2.07. The van der Waals surface area contributed by atoms with E-state index in [-0.39, 0.29) is 11.6 Å². The zero-order chi connectivity index (χ0) is 16.2. The van der Waals surface area contributed by atoms with Crippen LogP contribution in [0.1, 0.15) is 22.3 Å². The Hall–Kier alpha value is -2.82. The normalized spacial score (nSPS) is 10.8. The summed E-state index contributed by atoms with van der Waals surface area (Å²) < 4.78 is 1.70. The number of aromatic nitrogens is 2. The van der Waals surface area contributed by atoms with Crippen LogP contribution in [0.25, 0.3) is 11.0 Å². The zero-order valence-electron chi connectivity index (χ0n) is 13.0. The number of amides is 1. The monoisotopic (exact) mass is 309 g/mol. The predicted octanol–water partition coefficient (Wildman–Crippen LogP) is 2.46. The minimum absolute atomic E-state index is 0.0868. The van der Waals surface area contributed by atoms with Crippen molar-refractivity contribution in [2.24, 2.45) is 0 Å². The number of benzene rings is 2. The number of para-hydroxylation sites is 2. The van der Waals surface area contributed by atoms with Crippen LogP contribution >= 0.6 is 0 Å². The zero-order valence-corrected chi connectivity index (χ0v) is 13.0. The third-order valence-electron chi connectivity index (χ3n) is 3.84. The maximum absolute atomic E-state index is 12.0. The van der Waals surface area contributed by atoms with Gasteiger partial charge in [0.2, 0.25) is 0 Å². The third kappa shape index (κ3) is 3.34. The van der Waals surface area contributed by atoms with Crippen LogP contribution in [0.2, 0.25) is 0 Å². The molecule has 23 heavy (non-hydrogen) atoms. The second kappa shape index (κ2) is 6.52. The van der Waals surface area contributed by atoms with Crippen molar-refractivity contribution in [2.75, 3.05) is 6.54 Å². The molecule has 5 nitrogen and oxygen atoms in total. The highest BCUT2D eigenvalue weighted by atomic mass is 16.2. The standard InChI is InChI=1S/C18H19N3O2/c1-13-7-9-14(10-8-13)17(22)19-11-4-12-21-16-6-3-2-5-15(16)20-18(21)23/h2-3,5-10H,4,11-12H2,1H3,(H,19,22)(H,20,23). The van der Waals surface area contributed by atoms with E-state index in [1.165, 1.54) is 0 Å². The Kier molecular flexibility index (Phi) is 4.28. The summed E-state index contributed by atoms with van der Waals surface area (Å²) in [6, 6.07) is 15.1. The number of imidazole rings is 1. The van der Waals surface area contributed by atoms with Crippen LogP contribution in [-0.2, 0) is 6.54 Å². The van der Waals surface area contributed by atoms with E-state index >= 15 is 0 Å². The molecule has 1 amide bonds. The summed E-state index contributed by atoms with van der Waals surface area (Å²) in [6.07, 6.45) is 0.694. The summed E-state index contributed by atoms with van der Waals surface area (Å²) in [6.45, 7) is 3.08. The van der Waals surface area contributed by atoms with Crippen molar-refractivity contribution in [1.82, 2.24) is 14.9 Å². The molecule has 1 heterocycles. The molecule has 5 heteroatoms. The summed E-state index contributed by atoms with van der Waals surface area (Å²) in [4.78, 5) is 26.8. The van der Waals surface area contributed by atoms with Gasteiger partial charge in [0.15, 0.2) is 0 Å². The quantitative estimate of drug-likeness (QED) is 0.711. The van der Waals surface area contributed by atoms with E-state index in [9.17, 15) is 9.59 Å². The molecule has 2 N–H and O–H groups in total. The van der Waals surface area contributed by atoms with Crippen molar-refractivity contribution in [3.63, 3.8) is 0 Å². The fourth-order valence-corrected chi connectivity index (χ4v) is 2.57. The first kappa shape index (κ1) is 15.1. The second-order valence-electron chi connectivity index (χ2n) is 5.57. The first-order chi connectivity index (χ1) is 11.1. The van der Waals surface area contributed by atoms with Crippen LogP contribution in [-0.4, -0.2) is 22.0 Å². The number of nitrogens with one attached hydrogen (secondary N) is 2. The largest absolute Gasteiger partial charge is 0.352 e. The Morgan fingerprint density at radius 3 is 2.65 bits per heavy atom. The Labute approximate surface area is 134 Å². The minimum atomic E-state index is -0.115. The number of carbonyl (C=O) groups excluding carboxylic acids is 1. The molecule has 3 rings (SSSR count). The summed E-state index contributed by atoms with van der Waals surface area (Å²) >= 11 is 0. The van der Waals surface area contributed by atoms with Crippen molar-refractivity contribution >= 4 is 16.9 Å². The first-order valence-corrected chi connectivity index (χ1v) is 7.67. The van der Waals surface area contributed by atoms with Crippen LogP contribution in [0.5, 0.6) is 0 Å². The van der Waals surface area contributed by atoms with E-state index in [4.69, 9.17) is 0 Å². The van der Waals surface area contributed by atoms with Crippen LogP contribution in [0, 0.1) is 6.92 Å². The first-order valence-electron chi connectivity index (χ1n) is 7.67. The molecule has 0 aliphatic carbocycles. The summed E-state index contributed by atoms with van der Waals surface area (Å²) in [5, 5.41) is 2.88. The van der Waals surface area contributed by atoms with E-state index in [1.54, 1.807) is 4.57 Å². The summed E-state index contributed by atoms with van der Waals surface area (Å²) in [5.74, 6) is -0.0868. The lowest BCUT2D eigenvalue weighted by Crippen LogP contribution is -2.26. The molecule has 0 fully saturated rings. The van der Waals surface area contributed by atoms with Gasteiger partial charge in [0.1, 0.15) is 0 Å². The maximum Gasteiger partial charge on any atom is 0.326 e. The van der Waals surface area contributed by atoms with Gasteiger partial charge in [-0.25, -0.2) is 4.79 Å². The maximum atomic E-state index is 12.0. The van der Waals surface area contributed by atoms with Gasteiger partial charge in [-0.05, 0) is 37.6 Å². The fourth-order valence-electron chi connectivity index (χ4n) is 2.57. The molecular formula is C18H19N3O2. The minimum Gasteiger partial charge on any atom is -0.352 e. The van der Waals surface area contributed by atoms with E-state index in [1.807, 2.05) is 55.5 Å². The van der Waals surface area contributed by atoms with Gasteiger partial charge in [-0.15, -0.1) is 0 Å². The molecule has 0 radical (unpaired) electrons. The number of hydrogen-bond acceptors (Lipinski definition) is 2. The Bertz CT molecular complexity index is 875. The third-order valence-corrected chi connectivity index (χ3v) is 3.84. The Balaban J connectivity index is 1.57. The van der Waals surface area contributed by atoms with Gasteiger partial charge in [0.25, 0.3) is 5.91 Å². The molecule has 118 valence electrons. The SMILES string of the molecule is Cc1ccc(C(=O)NCCCn2c(=O)[nH]c3ccccc32)cc1. The molecular weight excluding hydrogens is 290 g/mol. The highest BCUT2D eigenvalue weighted by molar-refractivity contribution is 5.94. The Morgan fingerprint density at radius 1 is 1.13 bits per heavy atom. The van der Waals surface area contributed by atoms with Gasteiger partial charge in [-0.2, -0.15) is 0 Å². The topological polar surface area (TPSA) is 66.9 Å². The van der Waals surface area contributed by atoms with Gasteiger partial charge < -0.3 is 10.3 Å². The van der Waals surface area contributed by atoms with Crippen LogP contribution in [0.15, 0.2) is 53.3 Å². The van der Waals surface area contributed by atoms with Gasteiger partial charge in [0.05, 0.1) is 11.0 Å². The second-order valence-corrected chi connectivity index (χ2v) is 5.57. The van der Waals surface area contributed by atoms with Crippen molar-refractivity contribution in [3.8, 4) is 0 Å². The van der Waals surface area contributed by atoms with Gasteiger partial charge in [0, 0.05) is 18.7 Å². The number of hydrogen-bond donors (Lipinski definition) is 2. The lowest BCUT2D eigenvalue weighted by Gasteiger charge is -2.06. The van der Waals surface area contributed by atoms with Crippen molar-refractivity contribution in [2.45, 2.75) is 19.9 Å². The number of H-pyrrole nitrogens is 1. The van der Waals surface area contributed by atoms with E-state index < -0.39 is 0 Å². The van der Waals surface area contributed by atoms with Gasteiger partial charge in [-0.3, -0.25) is 9.36 Å². The number of rotatable bonds is 5. The summed E-state index contributed by atoms with van der Waals surface area (Å²) in [7, 11) is 0. The molecule has 0 bridgehead atoms. The predicted molar refractivity (Wildman–Crippen MR) is 90.7 cm³/mol. The Morgan fingerprint density at radius 2 is 1.87 bits per heavy atom. The molecule has 3 aromatic rings. The van der Waals surface area contributed by atoms with E-state index in [2.05, 4.69) is 10.3 Å². The summed E-state index contributed by atoms with van der Waals surface area (Å²) in [5.41, 5.74) is 3.39. The molecule has 1 aromatic heterocycles. The molecule has 0 atom stereocenters. The van der Waals surface area contributed by atoms with Gasteiger partial charge >= 0.3 is 5.69 Å². The van der Waals surface area contributed by atoms with Crippen LogP contribution < -0.4 is 11.0 Å². The van der Waals surface area contributed by atoms with E-state index in [0.717, 1.165) is 16.6 Å². The number of aryl methyl sites for hydroxylation is 2. The molecule has 0 saturated heterocycles. The molecule has 0 saturated carbocycles. The number of carbonyl (C=O) groups is 1. The van der Waals surface area contributed by atoms with Crippen LogP contribution in [0.4, 0.5) is 0 Å². The van der Waals surface area contributed by atoms with Crippen LogP contribution in [0.3, 0.4) is 0 Å². The average Bonchev–Trinajstić information content (AvgIpc) is 2.87. The number of aromatic amines is 1. The molecule has 0 unspecified atom stereocenters. The average molecular weight is 309 g/mol. The number of fused-ring (bicyclic) bond motifs is 1. The number of nitrogens with zero attached hydrogens (tertiary/aromatic N) is 1. The van der Waals surface area contributed by atoms with Crippen molar-refractivity contribution < 1.29 is 4.79 Å². The molecule has 0 aliphatic heterocycles.